The number of hydrogen-bond acceptors (Lipinski definition) is 3. The van der Waals surface area contributed by atoms with Crippen LogP contribution >= 0.6 is 15.9 Å². The third-order valence-corrected chi connectivity index (χ3v) is 4.67. The number of ether oxygens (including phenoxy) is 1. The maximum Gasteiger partial charge on any atom is 0.277 e. The van der Waals surface area contributed by atoms with Crippen LogP contribution in [0.1, 0.15) is 16.7 Å². The van der Waals surface area contributed by atoms with Gasteiger partial charge in [-0.3, -0.25) is 4.79 Å². The SMILES string of the molecule is Cc1ccc(OCC(=O)N/N=C(\C=C\c2ccccc2)c2ccccc2)c(Br)c1. The molecule has 0 aliphatic carbocycles. The van der Waals surface area contributed by atoms with Crippen molar-refractivity contribution in [3.8, 4) is 5.75 Å². The zero-order valence-electron chi connectivity index (χ0n) is 16.0. The Morgan fingerprint density at radius 2 is 1.72 bits per heavy atom. The first kappa shape index (κ1) is 20.6. The van der Waals surface area contributed by atoms with Gasteiger partial charge in [0.15, 0.2) is 6.61 Å². The van der Waals surface area contributed by atoms with E-state index in [0.29, 0.717) is 11.5 Å². The van der Waals surface area contributed by atoms with Gasteiger partial charge in [-0.1, -0.05) is 72.8 Å². The van der Waals surface area contributed by atoms with E-state index in [-0.39, 0.29) is 12.5 Å². The van der Waals surface area contributed by atoms with E-state index in [4.69, 9.17) is 4.74 Å². The summed E-state index contributed by atoms with van der Waals surface area (Å²) in [5.41, 5.74) is 6.29. The van der Waals surface area contributed by atoms with Crippen LogP contribution in [0.15, 0.2) is 94.5 Å². The molecule has 29 heavy (non-hydrogen) atoms. The number of hydrogen-bond donors (Lipinski definition) is 1. The van der Waals surface area contributed by atoms with E-state index in [0.717, 1.165) is 21.2 Å². The van der Waals surface area contributed by atoms with Gasteiger partial charge >= 0.3 is 0 Å². The molecule has 146 valence electrons. The second-order valence-electron chi connectivity index (χ2n) is 6.36. The first-order valence-corrected chi connectivity index (χ1v) is 9.95. The van der Waals surface area contributed by atoms with Crippen LogP contribution in [0.4, 0.5) is 0 Å². The van der Waals surface area contributed by atoms with E-state index in [1.165, 1.54) is 0 Å². The lowest BCUT2D eigenvalue weighted by Gasteiger charge is -2.08. The molecule has 0 radical (unpaired) electrons. The monoisotopic (exact) mass is 448 g/mol. The molecule has 0 aliphatic heterocycles. The molecular formula is C24H21BrN2O2. The molecule has 0 saturated heterocycles. The van der Waals surface area contributed by atoms with E-state index >= 15 is 0 Å². The highest BCUT2D eigenvalue weighted by Crippen LogP contribution is 2.25. The van der Waals surface area contributed by atoms with Crippen LogP contribution in [0.5, 0.6) is 5.75 Å². The van der Waals surface area contributed by atoms with E-state index in [2.05, 4.69) is 26.5 Å². The summed E-state index contributed by atoms with van der Waals surface area (Å²) in [5, 5.41) is 4.30. The van der Waals surface area contributed by atoms with Gasteiger partial charge in [-0.15, -0.1) is 0 Å². The van der Waals surface area contributed by atoms with Crippen LogP contribution < -0.4 is 10.2 Å². The molecular weight excluding hydrogens is 428 g/mol. The van der Waals surface area contributed by atoms with Crippen molar-refractivity contribution in [2.45, 2.75) is 6.92 Å². The Morgan fingerprint density at radius 1 is 1.03 bits per heavy atom. The first-order valence-electron chi connectivity index (χ1n) is 9.16. The van der Waals surface area contributed by atoms with Gasteiger partial charge in [0.2, 0.25) is 0 Å². The summed E-state index contributed by atoms with van der Waals surface area (Å²) < 4.78 is 6.38. The van der Waals surface area contributed by atoms with Gasteiger partial charge in [0, 0.05) is 5.56 Å². The number of aryl methyl sites for hydroxylation is 1. The van der Waals surface area contributed by atoms with Crippen molar-refractivity contribution >= 4 is 33.6 Å². The smallest absolute Gasteiger partial charge is 0.277 e. The van der Waals surface area contributed by atoms with Gasteiger partial charge in [0.1, 0.15) is 5.75 Å². The van der Waals surface area contributed by atoms with Crippen molar-refractivity contribution in [1.82, 2.24) is 5.43 Å². The highest BCUT2D eigenvalue weighted by atomic mass is 79.9. The number of rotatable bonds is 7. The highest BCUT2D eigenvalue weighted by Gasteiger charge is 2.06. The van der Waals surface area contributed by atoms with Gasteiger partial charge in [0.25, 0.3) is 5.91 Å². The van der Waals surface area contributed by atoms with Crippen LogP contribution in [0, 0.1) is 6.92 Å². The largest absolute Gasteiger partial charge is 0.483 e. The quantitative estimate of drug-likeness (QED) is 0.390. The van der Waals surface area contributed by atoms with Crippen LogP contribution in [0.2, 0.25) is 0 Å². The Balaban J connectivity index is 1.68. The van der Waals surface area contributed by atoms with E-state index in [9.17, 15) is 4.79 Å². The first-order chi connectivity index (χ1) is 14.1. The summed E-state index contributed by atoms with van der Waals surface area (Å²) in [6, 6.07) is 25.3. The molecule has 0 unspecified atom stereocenters. The van der Waals surface area contributed by atoms with Gasteiger partial charge in [-0.25, -0.2) is 5.43 Å². The molecule has 1 amide bonds. The summed E-state index contributed by atoms with van der Waals surface area (Å²) in [4.78, 5) is 12.2. The topological polar surface area (TPSA) is 50.7 Å². The maximum absolute atomic E-state index is 12.2. The predicted octanol–water partition coefficient (Wildman–Crippen LogP) is 5.37. The van der Waals surface area contributed by atoms with E-state index < -0.39 is 0 Å². The van der Waals surface area contributed by atoms with Gasteiger partial charge in [0.05, 0.1) is 10.2 Å². The Labute approximate surface area is 179 Å². The summed E-state index contributed by atoms with van der Waals surface area (Å²) in [7, 11) is 0. The fourth-order valence-electron chi connectivity index (χ4n) is 2.57. The minimum Gasteiger partial charge on any atom is -0.483 e. The summed E-state index contributed by atoms with van der Waals surface area (Å²) in [6.07, 6.45) is 3.83. The third-order valence-electron chi connectivity index (χ3n) is 4.05. The third kappa shape index (κ3) is 6.43. The zero-order valence-corrected chi connectivity index (χ0v) is 17.6. The van der Waals surface area contributed by atoms with Crippen molar-refractivity contribution in [1.29, 1.82) is 0 Å². The molecule has 5 heteroatoms. The van der Waals surface area contributed by atoms with Crippen molar-refractivity contribution in [3.63, 3.8) is 0 Å². The highest BCUT2D eigenvalue weighted by molar-refractivity contribution is 9.10. The van der Waals surface area contributed by atoms with Crippen molar-refractivity contribution in [2.75, 3.05) is 6.61 Å². The second-order valence-corrected chi connectivity index (χ2v) is 7.22. The second kappa shape index (κ2) is 10.4. The van der Waals surface area contributed by atoms with Crippen LogP contribution in [-0.2, 0) is 4.79 Å². The number of allylic oxidation sites excluding steroid dienone is 1. The summed E-state index contributed by atoms with van der Waals surface area (Å²) in [5.74, 6) is 0.279. The lowest BCUT2D eigenvalue weighted by molar-refractivity contribution is -0.123. The minimum atomic E-state index is -0.334. The molecule has 0 aliphatic rings. The molecule has 3 aromatic carbocycles. The molecule has 1 N–H and O–H groups in total. The fourth-order valence-corrected chi connectivity index (χ4v) is 3.18. The molecule has 0 heterocycles. The molecule has 4 nitrogen and oxygen atoms in total. The Kier molecular flexibility index (Phi) is 7.36. The number of carbonyl (C=O) groups excluding carboxylic acids is 1. The van der Waals surface area contributed by atoms with Crippen molar-refractivity contribution in [3.05, 3.63) is 106 Å². The lowest BCUT2D eigenvalue weighted by atomic mass is 10.1. The van der Waals surface area contributed by atoms with Crippen LogP contribution in [-0.4, -0.2) is 18.2 Å². The number of carbonyl (C=O) groups is 1. The fraction of sp³-hybridized carbons (Fsp3) is 0.0833. The number of halogens is 1. The minimum absolute atomic E-state index is 0.129. The molecule has 0 aromatic heterocycles. The Bertz CT molecular complexity index is 1020. The van der Waals surface area contributed by atoms with Gasteiger partial charge in [-0.2, -0.15) is 5.10 Å². The molecule has 0 bridgehead atoms. The van der Waals surface area contributed by atoms with E-state index in [1.807, 2.05) is 97.9 Å². The molecule has 3 rings (SSSR count). The molecule has 0 atom stereocenters. The van der Waals surface area contributed by atoms with Crippen LogP contribution in [0.3, 0.4) is 0 Å². The molecule has 3 aromatic rings. The standard InChI is InChI=1S/C24H21BrN2O2/c1-18-12-15-23(21(25)16-18)29-17-24(28)27-26-22(20-10-6-3-7-11-20)14-13-19-8-4-2-5-9-19/h2-16H,17H2,1H3,(H,27,28)/b14-13+,26-22+. The number of benzene rings is 3. The average molecular weight is 449 g/mol. The summed E-state index contributed by atoms with van der Waals surface area (Å²) >= 11 is 3.44. The number of nitrogens with one attached hydrogen (secondary N) is 1. The Morgan fingerprint density at radius 3 is 2.41 bits per heavy atom. The molecule has 0 saturated carbocycles. The van der Waals surface area contributed by atoms with Crippen molar-refractivity contribution in [2.24, 2.45) is 5.10 Å². The maximum atomic E-state index is 12.2. The number of nitrogens with zero attached hydrogens (tertiary/aromatic N) is 1. The predicted molar refractivity (Wildman–Crippen MR) is 121 cm³/mol. The number of hydrazone groups is 1. The normalized spacial score (nSPS) is 11.4. The lowest BCUT2D eigenvalue weighted by Crippen LogP contribution is -2.25. The zero-order chi connectivity index (χ0) is 20.5. The van der Waals surface area contributed by atoms with E-state index in [1.54, 1.807) is 0 Å². The van der Waals surface area contributed by atoms with Gasteiger partial charge < -0.3 is 4.74 Å². The number of amides is 1. The van der Waals surface area contributed by atoms with Gasteiger partial charge in [-0.05, 0) is 52.2 Å². The average Bonchev–Trinajstić information content (AvgIpc) is 2.74. The molecule has 0 spiro atoms. The van der Waals surface area contributed by atoms with Crippen LogP contribution in [0.25, 0.3) is 6.08 Å². The Hall–Kier alpha value is -3.18. The molecule has 0 fully saturated rings. The van der Waals surface area contributed by atoms with Crippen molar-refractivity contribution < 1.29 is 9.53 Å². The summed E-state index contributed by atoms with van der Waals surface area (Å²) in [6.45, 7) is 1.86.